The average molecular weight is 570 g/mol. The predicted octanol–water partition coefficient (Wildman–Crippen LogP) is 4.83. The first kappa shape index (κ1) is 30.2. The number of anilines is 1. The highest BCUT2D eigenvalue weighted by atomic mass is 35.5. The molecule has 0 bridgehead atoms. The van der Waals surface area contributed by atoms with Crippen LogP contribution in [-0.4, -0.2) is 50.0 Å². The van der Waals surface area contributed by atoms with Gasteiger partial charge in [0, 0.05) is 24.0 Å². The largest absolute Gasteiger partial charge is 0.352 e. The van der Waals surface area contributed by atoms with E-state index in [1.165, 1.54) is 4.90 Å². The van der Waals surface area contributed by atoms with Gasteiger partial charge in [0.1, 0.15) is 12.6 Å². The molecular formula is C30H36ClN3O4S. The van der Waals surface area contributed by atoms with E-state index < -0.39 is 28.5 Å². The second-order valence-corrected chi connectivity index (χ2v) is 12.2. The van der Waals surface area contributed by atoms with Crippen LogP contribution in [0.5, 0.6) is 0 Å². The fourth-order valence-electron chi connectivity index (χ4n) is 4.28. The molecule has 3 aromatic rings. The van der Waals surface area contributed by atoms with Gasteiger partial charge in [-0.25, -0.2) is 8.42 Å². The lowest BCUT2D eigenvalue weighted by Gasteiger charge is -2.34. The van der Waals surface area contributed by atoms with Crippen LogP contribution in [0.15, 0.2) is 78.9 Å². The van der Waals surface area contributed by atoms with E-state index in [1.54, 1.807) is 30.3 Å². The van der Waals surface area contributed by atoms with Crippen molar-refractivity contribution < 1.29 is 18.0 Å². The topological polar surface area (TPSA) is 86.8 Å². The number of rotatable bonds is 12. The van der Waals surface area contributed by atoms with Gasteiger partial charge in [0.05, 0.1) is 11.9 Å². The van der Waals surface area contributed by atoms with Gasteiger partial charge in [-0.2, -0.15) is 0 Å². The van der Waals surface area contributed by atoms with Crippen LogP contribution in [0.2, 0.25) is 5.02 Å². The molecule has 2 amide bonds. The molecule has 9 heteroatoms. The van der Waals surface area contributed by atoms with Crippen molar-refractivity contribution in [2.24, 2.45) is 0 Å². The molecule has 0 saturated carbocycles. The Hall–Kier alpha value is -3.36. The number of amides is 2. The summed E-state index contributed by atoms with van der Waals surface area (Å²) in [6, 6.07) is 22.5. The number of nitrogens with zero attached hydrogens (tertiary/aromatic N) is 2. The van der Waals surface area contributed by atoms with Gasteiger partial charge in [-0.05, 0) is 61.2 Å². The van der Waals surface area contributed by atoms with E-state index in [-0.39, 0.29) is 24.9 Å². The lowest BCUT2D eigenvalue weighted by atomic mass is 10.0. The van der Waals surface area contributed by atoms with Gasteiger partial charge in [0.15, 0.2) is 0 Å². The first-order valence-electron chi connectivity index (χ1n) is 12.9. The van der Waals surface area contributed by atoms with Crippen LogP contribution < -0.4 is 9.62 Å². The van der Waals surface area contributed by atoms with Crippen LogP contribution in [0.3, 0.4) is 0 Å². The summed E-state index contributed by atoms with van der Waals surface area (Å²) < 4.78 is 26.8. The summed E-state index contributed by atoms with van der Waals surface area (Å²) in [6.45, 7) is 5.34. The van der Waals surface area contributed by atoms with Crippen LogP contribution in [0, 0.1) is 0 Å². The number of carbonyl (C=O) groups is 2. The van der Waals surface area contributed by atoms with Gasteiger partial charge in [-0.3, -0.25) is 13.9 Å². The SMILES string of the molecule is CCc1ccc(N(CC(=O)N(Cc2cccc(Cl)c2)C(Cc2ccccc2)C(=O)NC(C)C)S(C)(=O)=O)cc1. The molecule has 1 unspecified atom stereocenters. The van der Waals surface area contributed by atoms with Crippen molar-refractivity contribution in [1.29, 1.82) is 0 Å². The van der Waals surface area contributed by atoms with Crippen molar-refractivity contribution in [2.45, 2.75) is 52.2 Å². The molecule has 0 heterocycles. The Morgan fingerprint density at radius 1 is 0.897 bits per heavy atom. The maximum atomic E-state index is 14.0. The molecule has 0 aliphatic rings. The minimum absolute atomic E-state index is 0.0782. The van der Waals surface area contributed by atoms with Crippen LogP contribution >= 0.6 is 11.6 Å². The fourth-order valence-corrected chi connectivity index (χ4v) is 5.34. The number of benzene rings is 3. The summed E-state index contributed by atoms with van der Waals surface area (Å²) in [5.74, 6) is -0.817. The summed E-state index contributed by atoms with van der Waals surface area (Å²) in [4.78, 5) is 29.0. The summed E-state index contributed by atoms with van der Waals surface area (Å²) in [6.07, 6.45) is 2.13. The summed E-state index contributed by atoms with van der Waals surface area (Å²) in [5, 5.41) is 3.43. The molecule has 0 aromatic heterocycles. The quantitative estimate of drug-likeness (QED) is 0.338. The van der Waals surface area contributed by atoms with Crippen LogP contribution in [-0.2, 0) is 39.0 Å². The van der Waals surface area contributed by atoms with Crippen LogP contribution in [0.1, 0.15) is 37.5 Å². The zero-order chi connectivity index (χ0) is 28.6. The van der Waals surface area contributed by atoms with E-state index >= 15 is 0 Å². The summed E-state index contributed by atoms with van der Waals surface area (Å²) in [7, 11) is -3.81. The Morgan fingerprint density at radius 3 is 2.10 bits per heavy atom. The number of sulfonamides is 1. The highest BCUT2D eigenvalue weighted by Gasteiger charge is 2.33. The third-order valence-electron chi connectivity index (χ3n) is 6.26. The lowest BCUT2D eigenvalue weighted by Crippen LogP contribution is -2.54. The average Bonchev–Trinajstić information content (AvgIpc) is 2.89. The van der Waals surface area contributed by atoms with Gasteiger partial charge in [0.2, 0.25) is 21.8 Å². The molecule has 0 fully saturated rings. The zero-order valence-corrected chi connectivity index (χ0v) is 24.4. The summed E-state index contributed by atoms with van der Waals surface area (Å²) >= 11 is 6.23. The van der Waals surface area contributed by atoms with Crippen molar-refractivity contribution >= 4 is 39.1 Å². The van der Waals surface area contributed by atoms with Crippen LogP contribution in [0.25, 0.3) is 0 Å². The summed E-state index contributed by atoms with van der Waals surface area (Å²) in [5.41, 5.74) is 3.04. The lowest BCUT2D eigenvalue weighted by molar-refractivity contribution is -0.140. The van der Waals surface area contributed by atoms with Gasteiger partial charge in [-0.1, -0.05) is 73.1 Å². The Morgan fingerprint density at radius 2 is 1.54 bits per heavy atom. The van der Waals surface area contributed by atoms with Crippen molar-refractivity contribution in [3.8, 4) is 0 Å². The van der Waals surface area contributed by atoms with Crippen molar-refractivity contribution in [1.82, 2.24) is 10.2 Å². The highest BCUT2D eigenvalue weighted by Crippen LogP contribution is 2.22. The minimum atomic E-state index is -3.81. The predicted molar refractivity (Wildman–Crippen MR) is 157 cm³/mol. The molecule has 0 aliphatic carbocycles. The fraction of sp³-hybridized carbons (Fsp3) is 0.333. The maximum Gasteiger partial charge on any atom is 0.244 e. The Bertz CT molecular complexity index is 1360. The van der Waals surface area contributed by atoms with E-state index in [0.29, 0.717) is 10.7 Å². The normalized spacial score (nSPS) is 12.2. The molecule has 208 valence electrons. The van der Waals surface area contributed by atoms with E-state index in [9.17, 15) is 18.0 Å². The Balaban J connectivity index is 2.04. The third kappa shape index (κ3) is 8.83. The van der Waals surface area contributed by atoms with Gasteiger partial charge in [-0.15, -0.1) is 0 Å². The first-order valence-corrected chi connectivity index (χ1v) is 15.2. The molecule has 39 heavy (non-hydrogen) atoms. The van der Waals surface area contributed by atoms with Crippen molar-refractivity contribution in [2.75, 3.05) is 17.1 Å². The number of halogens is 1. The number of carbonyl (C=O) groups excluding carboxylic acids is 2. The number of hydrogen-bond donors (Lipinski definition) is 1. The van der Waals surface area contributed by atoms with E-state index in [0.717, 1.165) is 33.7 Å². The molecule has 0 aliphatic heterocycles. The molecule has 1 N–H and O–H groups in total. The number of hydrogen-bond acceptors (Lipinski definition) is 4. The second kappa shape index (κ2) is 13.6. The third-order valence-corrected chi connectivity index (χ3v) is 7.63. The maximum absolute atomic E-state index is 14.0. The van der Waals surface area contributed by atoms with Gasteiger partial charge < -0.3 is 10.2 Å². The van der Waals surface area contributed by atoms with Gasteiger partial charge >= 0.3 is 0 Å². The van der Waals surface area contributed by atoms with Crippen LogP contribution in [0.4, 0.5) is 5.69 Å². The molecule has 3 rings (SSSR count). The molecule has 0 spiro atoms. The van der Waals surface area contributed by atoms with E-state index in [1.807, 2.05) is 69.3 Å². The van der Waals surface area contributed by atoms with E-state index in [2.05, 4.69) is 5.32 Å². The molecular weight excluding hydrogens is 534 g/mol. The Kier molecular flexibility index (Phi) is 10.5. The highest BCUT2D eigenvalue weighted by molar-refractivity contribution is 7.92. The molecule has 3 aromatic carbocycles. The molecule has 7 nitrogen and oxygen atoms in total. The van der Waals surface area contributed by atoms with E-state index in [4.69, 9.17) is 11.6 Å². The first-order chi connectivity index (χ1) is 18.5. The minimum Gasteiger partial charge on any atom is -0.352 e. The smallest absolute Gasteiger partial charge is 0.244 e. The van der Waals surface area contributed by atoms with Gasteiger partial charge in [0.25, 0.3) is 0 Å². The zero-order valence-electron chi connectivity index (χ0n) is 22.8. The van der Waals surface area contributed by atoms with Crippen molar-refractivity contribution in [3.05, 3.63) is 101 Å². The molecule has 1 atom stereocenters. The number of aryl methyl sites for hydroxylation is 1. The standard InChI is InChI=1S/C30H36ClN3O4S/c1-5-23-14-16-27(17-15-23)34(39(4,37)38)21-29(35)33(20-25-12-9-13-26(31)18-25)28(30(36)32-22(2)3)19-24-10-7-6-8-11-24/h6-18,22,28H,5,19-21H2,1-4H3,(H,32,36). The monoisotopic (exact) mass is 569 g/mol. The second-order valence-electron chi connectivity index (χ2n) is 9.81. The number of nitrogens with one attached hydrogen (secondary N) is 1. The van der Waals surface area contributed by atoms with Crippen molar-refractivity contribution in [3.63, 3.8) is 0 Å². The molecule has 0 saturated heterocycles. The Labute approximate surface area is 236 Å². The molecule has 0 radical (unpaired) electrons.